The van der Waals surface area contributed by atoms with E-state index >= 15 is 0 Å². The highest BCUT2D eigenvalue weighted by atomic mass is 127. The minimum absolute atomic E-state index is 0. The predicted octanol–water partition coefficient (Wildman–Crippen LogP) is 0.702. The van der Waals surface area contributed by atoms with Gasteiger partial charge in [0.25, 0.3) is 0 Å². The summed E-state index contributed by atoms with van der Waals surface area (Å²) in [5.41, 5.74) is 0. The first-order valence-electron chi connectivity index (χ1n) is 8.40. The molecule has 0 atom stereocenters. The second-order valence-electron chi connectivity index (χ2n) is 6.47. The molecule has 0 aromatic heterocycles. The Bertz CT molecular complexity index is 415. The highest BCUT2D eigenvalue weighted by Gasteiger charge is 2.23. The summed E-state index contributed by atoms with van der Waals surface area (Å²) in [5.74, 6) is 1.01. The smallest absolute Gasteiger partial charge is 0.234 e. The molecule has 1 saturated heterocycles. The van der Waals surface area contributed by atoms with Crippen molar-refractivity contribution in [3.63, 3.8) is 0 Å². The maximum absolute atomic E-state index is 11.8. The SMILES string of the molecule is CN=C(NCC(C)(C)SC)N1CCN(CC(=O)NCCOC)CC1.I. The first-order valence-corrected chi connectivity index (χ1v) is 9.63. The molecule has 2 N–H and O–H groups in total. The summed E-state index contributed by atoms with van der Waals surface area (Å²) in [6.07, 6.45) is 2.13. The van der Waals surface area contributed by atoms with E-state index in [1.165, 1.54) is 0 Å². The largest absolute Gasteiger partial charge is 0.383 e. The number of carbonyl (C=O) groups excluding carboxylic acids is 1. The van der Waals surface area contributed by atoms with E-state index in [-0.39, 0.29) is 34.6 Å². The van der Waals surface area contributed by atoms with Crippen molar-refractivity contribution in [2.75, 3.05) is 72.8 Å². The molecule has 9 heteroatoms. The summed E-state index contributed by atoms with van der Waals surface area (Å²) in [5, 5.41) is 6.33. The summed E-state index contributed by atoms with van der Waals surface area (Å²) >= 11 is 1.84. The molecule has 0 spiro atoms. The van der Waals surface area contributed by atoms with Crippen LogP contribution in [0.3, 0.4) is 0 Å². The molecule has 1 heterocycles. The van der Waals surface area contributed by atoms with Crippen LogP contribution in [0.15, 0.2) is 4.99 Å². The van der Waals surface area contributed by atoms with Gasteiger partial charge in [-0.1, -0.05) is 0 Å². The topological polar surface area (TPSA) is 69.2 Å². The molecule has 1 rings (SSSR count). The molecule has 0 bridgehead atoms. The zero-order valence-corrected chi connectivity index (χ0v) is 19.3. The summed E-state index contributed by atoms with van der Waals surface area (Å²) < 4.78 is 5.11. The van der Waals surface area contributed by atoms with E-state index in [2.05, 4.69) is 45.5 Å². The van der Waals surface area contributed by atoms with Crippen molar-refractivity contribution in [1.29, 1.82) is 0 Å². The number of piperazine rings is 1. The Morgan fingerprint density at radius 3 is 2.40 bits per heavy atom. The van der Waals surface area contributed by atoms with Crippen molar-refractivity contribution in [2.45, 2.75) is 18.6 Å². The molecule has 148 valence electrons. The van der Waals surface area contributed by atoms with E-state index in [1.54, 1.807) is 7.11 Å². The van der Waals surface area contributed by atoms with Gasteiger partial charge in [0.1, 0.15) is 0 Å². The van der Waals surface area contributed by atoms with Crippen LogP contribution in [0.1, 0.15) is 13.8 Å². The number of nitrogens with zero attached hydrogens (tertiary/aromatic N) is 3. The number of methoxy groups -OCH3 is 1. The summed E-state index contributed by atoms with van der Waals surface area (Å²) in [4.78, 5) is 20.7. The third kappa shape index (κ3) is 9.86. The molecular weight excluding hydrogens is 453 g/mol. The molecule has 0 aromatic carbocycles. The van der Waals surface area contributed by atoms with Gasteiger partial charge in [0.05, 0.1) is 13.2 Å². The Morgan fingerprint density at radius 2 is 1.88 bits per heavy atom. The Kier molecular flexibility index (Phi) is 12.9. The Labute approximate surface area is 173 Å². The Balaban J connectivity index is 0.00000576. The lowest BCUT2D eigenvalue weighted by atomic mass is 10.2. The predicted molar refractivity (Wildman–Crippen MR) is 117 cm³/mol. The van der Waals surface area contributed by atoms with E-state index in [1.807, 2.05) is 18.8 Å². The number of hydrogen-bond donors (Lipinski definition) is 2. The zero-order valence-electron chi connectivity index (χ0n) is 16.1. The van der Waals surface area contributed by atoms with Crippen molar-refractivity contribution in [1.82, 2.24) is 20.4 Å². The highest BCUT2D eigenvalue weighted by molar-refractivity contribution is 14.0. The van der Waals surface area contributed by atoms with Gasteiger partial charge in [-0.3, -0.25) is 14.7 Å². The van der Waals surface area contributed by atoms with E-state index < -0.39 is 0 Å². The summed E-state index contributed by atoms with van der Waals surface area (Å²) in [6, 6.07) is 0. The fourth-order valence-corrected chi connectivity index (χ4v) is 2.58. The van der Waals surface area contributed by atoms with Gasteiger partial charge >= 0.3 is 0 Å². The Morgan fingerprint density at radius 1 is 1.24 bits per heavy atom. The maximum atomic E-state index is 11.8. The molecule has 1 amide bonds. The molecule has 1 aliphatic rings. The first-order chi connectivity index (χ1) is 11.4. The minimum atomic E-state index is 0. The van der Waals surface area contributed by atoms with Crippen LogP contribution >= 0.6 is 35.7 Å². The number of ether oxygens (including phenoxy) is 1. The molecular formula is C16H34IN5O2S. The molecule has 25 heavy (non-hydrogen) atoms. The highest BCUT2D eigenvalue weighted by Crippen LogP contribution is 2.19. The van der Waals surface area contributed by atoms with Gasteiger partial charge in [0.2, 0.25) is 5.91 Å². The van der Waals surface area contributed by atoms with E-state index in [4.69, 9.17) is 4.74 Å². The number of amides is 1. The number of thioether (sulfide) groups is 1. The molecule has 0 saturated carbocycles. The van der Waals surface area contributed by atoms with Crippen LogP contribution in [0.25, 0.3) is 0 Å². The Hall–Kier alpha value is -0.260. The average molecular weight is 487 g/mol. The van der Waals surface area contributed by atoms with E-state index in [0.717, 1.165) is 38.7 Å². The fraction of sp³-hybridized carbons (Fsp3) is 0.875. The van der Waals surface area contributed by atoms with Gasteiger partial charge < -0.3 is 20.3 Å². The van der Waals surface area contributed by atoms with Gasteiger partial charge in [0.15, 0.2) is 5.96 Å². The van der Waals surface area contributed by atoms with Crippen LogP contribution in [0.4, 0.5) is 0 Å². The van der Waals surface area contributed by atoms with Gasteiger partial charge in [-0.2, -0.15) is 11.8 Å². The quantitative estimate of drug-likeness (QED) is 0.228. The number of guanidine groups is 1. The van der Waals surface area contributed by atoms with Crippen LogP contribution in [0.2, 0.25) is 0 Å². The lowest BCUT2D eigenvalue weighted by Crippen LogP contribution is -2.55. The summed E-state index contributed by atoms with van der Waals surface area (Å²) in [6.45, 7) is 10.4. The van der Waals surface area contributed by atoms with Gasteiger partial charge in [-0.05, 0) is 20.1 Å². The van der Waals surface area contributed by atoms with Crippen molar-refractivity contribution < 1.29 is 9.53 Å². The zero-order chi connectivity index (χ0) is 18.0. The monoisotopic (exact) mass is 487 g/mol. The maximum Gasteiger partial charge on any atom is 0.234 e. The van der Waals surface area contributed by atoms with Crippen molar-refractivity contribution in [3.05, 3.63) is 0 Å². The van der Waals surface area contributed by atoms with Crippen LogP contribution in [-0.2, 0) is 9.53 Å². The van der Waals surface area contributed by atoms with Gasteiger partial charge in [-0.25, -0.2) is 0 Å². The molecule has 0 unspecified atom stereocenters. The number of hydrogen-bond acceptors (Lipinski definition) is 5. The minimum Gasteiger partial charge on any atom is -0.383 e. The molecule has 0 aromatic rings. The number of aliphatic imine (C=N–C) groups is 1. The lowest BCUT2D eigenvalue weighted by molar-refractivity contribution is -0.122. The van der Waals surface area contributed by atoms with Crippen LogP contribution in [0, 0.1) is 0 Å². The second kappa shape index (κ2) is 13.0. The molecule has 1 fully saturated rings. The molecule has 7 nitrogen and oxygen atoms in total. The van der Waals surface area contributed by atoms with E-state index in [9.17, 15) is 4.79 Å². The molecule has 0 aliphatic carbocycles. The average Bonchev–Trinajstić information content (AvgIpc) is 2.57. The standard InChI is InChI=1S/C16H33N5O2S.HI/c1-16(2,24-5)13-19-15(17-3)21-9-7-20(8-10-21)12-14(22)18-6-11-23-4;/h6-13H2,1-5H3,(H,17,19)(H,18,22);1H. The number of carbonyl (C=O) groups is 1. The third-order valence-electron chi connectivity index (χ3n) is 4.10. The van der Waals surface area contributed by atoms with Crippen LogP contribution in [0.5, 0.6) is 0 Å². The lowest BCUT2D eigenvalue weighted by Gasteiger charge is -2.37. The van der Waals surface area contributed by atoms with Crippen molar-refractivity contribution in [3.8, 4) is 0 Å². The van der Waals surface area contributed by atoms with Crippen LogP contribution in [-0.4, -0.2) is 99.2 Å². The van der Waals surface area contributed by atoms with Crippen molar-refractivity contribution in [2.24, 2.45) is 4.99 Å². The van der Waals surface area contributed by atoms with E-state index in [0.29, 0.717) is 19.7 Å². The number of nitrogens with one attached hydrogen (secondary N) is 2. The normalized spacial score (nSPS) is 16.4. The second-order valence-corrected chi connectivity index (χ2v) is 7.98. The van der Waals surface area contributed by atoms with Crippen LogP contribution < -0.4 is 10.6 Å². The fourth-order valence-electron chi connectivity index (χ4n) is 2.37. The number of rotatable bonds is 8. The van der Waals surface area contributed by atoms with Gasteiger partial charge in [0, 0.05) is 58.2 Å². The third-order valence-corrected chi connectivity index (χ3v) is 5.35. The number of halogens is 1. The summed E-state index contributed by atoms with van der Waals surface area (Å²) in [7, 11) is 3.46. The van der Waals surface area contributed by atoms with Gasteiger partial charge in [-0.15, -0.1) is 24.0 Å². The molecule has 0 radical (unpaired) electrons. The molecule has 1 aliphatic heterocycles. The first kappa shape index (κ1) is 24.7. The van der Waals surface area contributed by atoms with Crippen molar-refractivity contribution >= 4 is 47.6 Å².